The lowest BCUT2D eigenvalue weighted by Crippen LogP contribution is -2.28. The summed E-state index contributed by atoms with van der Waals surface area (Å²) in [6.45, 7) is 10.9. The van der Waals surface area contributed by atoms with Crippen LogP contribution in [-0.2, 0) is 30.4 Å². The first-order valence-electron chi connectivity index (χ1n) is 15.2. The number of alkyl halides is 3. The number of nitrogens with one attached hydrogen (secondary N) is 1. The fourth-order valence-corrected chi connectivity index (χ4v) is 7.17. The second-order valence-electron chi connectivity index (χ2n) is 13.1. The Morgan fingerprint density at radius 3 is 2.58 bits per heavy atom. The van der Waals surface area contributed by atoms with Gasteiger partial charge in [-0.05, 0) is 96.6 Å². The zero-order valence-corrected chi connectivity index (χ0v) is 28.1. The van der Waals surface area contributed by atoms with Crippen molar-refractivity contribution in [1.82, 2.24) is 4.98 Å². The van der Waals surface area contributed by atoms with Crippen molar-refractivity contribution in [1.29, 1.82) is 0 Å². The fraction of sp³-hybridized carbons (Fsp3) is 0.412. The lowest BCUT2D eigenvalue weighted by Gasteiger charge is -2.36. The Balaban J connectivity index is 1.53. The number of anilines is 3. The number of rotatable bonds is 6. The van der Waals surface area contributed by atoms with Crippen LogP contribution in [0, 0.1) is 11.3 Å². The number of aliphatic hydroxyl groups is 1. The Morgan fingerprint density at radius 1 is 1.18 bits per heavy atom. The Morgan fingerprint density at radius 2 is 1.93 bits per heavy atom. The molecule has 0 fully saturated rings. The van der Waals surface area contributed by atoms with Crippen molar-refractivity contribution in [2.45, 2.75) is 72.3 Å². The molecule has 2 N–H and O–H groups in total. The summed E-state index contributed by atoms with van der Waals surface area (Å²) in [6.07, 6.45) is 1.54. The van der Waals surface area contributed by atoms with Crippen molar-refractivity contribution < 1.29 is 27.5 Å². The van der Waals surface area contributed by atoms with Crippen LogP contribution in [0.15, 0.2) is 48.7 Å². The molecule has 2 aliphatic rings. The van der Waals surface area contributed by atoms with E-state index in [0.717, 1.165) is 37.0 Å². The quantitative estimate of drug-likeness (QED) is 0.206. The van der Waals surface area contributed by atoms with E-state index >= 15 is 0 Å². The lowest BCUT2D eigenvalue weighted by atomic mass is 9.70. The highest BCUT2D eigenvalue weighted by Crippen LogP contribution is 2.45. The van der Waals surface area contributed by atoms with Gasteiger partial charge in [-0.2, -0.15) is 13.2 Å². The first-order chi connectivity index (χ1) is 21.2. The van der Waals surface area contributed by atoms with Crippen molar-refractivity contribution in [2.24, 2.45) is 11.3 Å². The van der Waals surface area contributed by atoms with Crippen molar-refractivity contribution in [2.75, 3.05) is 16.8 Å². The fourth-order valence-electron chi connectivity index (χ4n) is 6.18. The van der Waals surface area contributed by atoms with Gasteiger partial charge in [0, 0.05) is 24.4 Å². The molecule has 1 aliphatic carbocycles. The van der Waals surface area contributed by atoms with Gasteiger partial charge in [-0.3, -0.25) is 4.79 Å². The maximum atomic E-state index is 13.8. The van der Waals surface area contributed by atoms with Crippen molar-refractivity contribution in [3.63, 3.8) is 0 Å². The number of amides is 1. The van der Waals surface area contributed by atoms with Gasteiger partial charge in [0.15, 0.2) is 5.82 Å². The Kier molecular flexibility index (Phi) is 9.40. The van der Waals surface area contributed by atoms with Crippen LogP contribution < -0.4 is 14.6 Å². The van der Waals surface area contributed by atoms with E-state index in [1.54, 1.807) is 11.0 Å². The molecule has 5 rings (SSSR count). The molecule has 0 spiro atoms. The molecule has 0 bridgehead atoms. The van der Waals surface area contributed by atoms with E-state index in [1.807, 2.05) is 6.07 Å². The van der Waals surface area contributed by atoms with Gasteiger partial charge in [-0.15, -0.1) is 0 Å². The summed E-state index contributed by atoms with van der Waals surface area (Å²) < 4.78 is 47.7. The van der Waals surface area contributed by atoms with Gasteiger partial charge in [0.05, 0.1) is 28.6 Å². The SMILES string of the molecule is C[SiH](C)Oc1ccc2c(c1NC(=O)C=C1CCN(c3ncc(CO)cc3Cl)c3cc(C(F)(F)F)ccc31)CC(C(C)(C)C)CC2. The van der Waals surface area contributed by atoms with Crippen LogP contribution in [0.5, 0.6) is 5.75 Å². The topological polar surface area (TPSA) is 74.7 Å². The Hall–Kier alpha value is -3.34. The highest BCUT2D eigenvalue weighted by Gasteiger charge is 2.34. The maximum absolute atomic E-state index is 13.8. The standard InChI is InChI=1S/C34H39ClF3N3O3Si/c1-33(2,3)23-8-6-21-7-11-29(44-45(4)5)31(26(21)16-23)40-30(43)15-22-12-13-41(32-27(35)14-20(19-42)18-39-32)28-17-24(34(36,37)38)9-10-25(22)28/h7,9-11,14-15,17-18,23,42,45H,6,8,12-13,16,19H2,1-5H3,(H,40,43). The van der Waals surface area contributed by atoms with Crippen molar-refractivity contribution >= 4 is 49.3 Å². The van der Waals surface area contributed by atoms with Crippen LogP contribution in [0.1, 0.15) is 61.4 Å². The highest BCUT2D eigenvalue weighted by molar-refractivity contribution is 6.49. The van der Waals surface area contributed by atoms with E-state index < -0.39 is 20.8 Å². The number of hydrogen-bond donors (Lipinski definition) is 2. The number of benzene rings is 2. The molecule has 6 nitrogen and oxygen atoms in total. The van der Waals surface area contributed by atoms with Crippen LogP contribution in [0.4, 0.5) is 30.4 Å². The summed E-state index contributed by atoms with van der Waals surface area (Å²) in [7, 11) is -1.50. The summed E-state index contributed by atoms with van der Waals surface area (Å²) in [6, 6.07) is 9.08. The zero-order chi connectivity index (χ0) is 32.7. The number of carbonyl (C=O) groups excluding carboxylic acids is 1. The number of aryl methyl sites for hydroxylation is 1. The predicted molar refractivity (Wildman–Crippen MR) is 176 cm³/mol. The molecule has 45 heavy (non-hydrogen) atoms. The third-order valence-electron chi connectivity index (χ3n) is 8.61. The summed E-state index contributed by atoms with van der Waals surface area (Å²) >= 11 is 6.47. The smallest absolute Gasteiger partial charge is 0.416 e. The summed E-state index contributed by atoms with van der Waals surface area (Å²) in [5.41, 5.74) is 4.11. The minimum Gasteiger partial charge on any atom is -0.546 e. The van der Waals surface area contributed by atoms with Gasteiger partial charge < -0.3 is 19.7 Å². The molecule has 240 valence electrons. The van der Waals surface area contributed by atoms with Gasteiger partial charge >= 0.3 is 6.18 Å². The van der Waals surface area contributed by atoms with E-state index in [-0.39, 0.29) is 41.0 Å². The summed E-state index contributed by atoms with van der Waals surface area (Å²) in [4.78, 5) is 19.7. The summed E-state index contributed by atoms with van der Waals surface area (Å²) in [5, 5.41) is 12.8. The van der Waals surface area contributed by atoms with E-state index in [0.29, 0.717) is 40.5 Å². The average molecular weight is 658 g/mol. The van der Waals surface area contributed by atoms with Crippen LogP contribution in [-0.4, -0.2) is 31.6 Å². The van der Waals surface area contributed by atoms with Gasteiger partial charge in [0.1, 0.15) is 5.75 Å². The zero-order valence-electron chi connectivity index (χ0n) is 26.2. The molecular weight excluding hydrogens is 619 g/mol. The molecule has 1 aliphatic heterocycles. The van der Waals surface area contributed by atoms with E-state index in [9.17, 15) is 23.1 Å². The van der Waals surface area contributed by atoms with Gasteiger partial charge in [0.2, 0.25) is 14.9 Å². The van der Waals surface area contributed by atoms with Gasteiger partial charge in [0.25, 0.3) is 0 Å². The molecular formula is C34H39ClF3N3O3Si. The molecule has 1 atom stereocenters. The van der Waals surface area contributed by atoms with Crippen molar-refractivity contribution in [3.05, 3.63) is 81.5 Å². The van der Waals surface area contributed by atoms with Crippen LogP contribution in [0.25, 0.3) is 5.57 Å². The second-order valence-corrected chi connectivity index (χ2v) is 15.9. The molecule has 2 aromatic carbocycles. The first-order valence-corrected chi connectivity index (χ1v) is 18.4. The molecule has 0 saturated heterocycles. The minimum atomic E-state index is -4.56. The van der Waals surface area contributed by atoms with E-state index in [2.05, 4.69) is 50.2 Å². The lowest BCUT2D eigenvalue weighted by molar-refractivity contribution is -0.137. The first kappa shape index (κ1) is 33.0. The third kappa shape index (κ3) is 7.23. The predicted octanol–water partition coefficient (Wildman–Crippen LogP) is 8.32. The van der Waals surface area contributed by atoms with Crippen LogP contribution in [0.2, 0.25) is 18.1 Å². The third-order valence-corrected chi connectivity index (χ3v) is 9.61. The van der Waals surface area contributed by atoms with Crippen molar-refractivity contribution in [3.8, 4) is 5.75 Å². The highest BCUT2D eigenvalue weighted by atomic mass is 35.5. The average Bonchev–Trinajstić information content (AvgIpc) is 2.97. The monoisotopic (exact) mass is 657 g/mol. The molecule has 1 unspecified atom stereocenters. The Labute approximate surface area is 269 Å². The number of aromatic nitrogens is 1. The number of carbonyl (C=O) groups is 1. The molecule has 1 aromatic heterocycles. The molecule has 0 radical (unpaired) electrons. The number of halogens is 4. The number of nitrogens with zero attached hydrogens (tertiary/aromatic N) is 2. The largest absolute Gasteiger partial charge is 0.546 e. The van der Waals surface area contributed by atoms with Crippen LogP contribution in [0.3, 0.4) is 0 Å². The summed E-state index contributed by atoms with van der Waals surface area (Å²) in [5.74, 6) is 1.02. The van der Waals surface area contributed by atoms with Crippen LogP contribution >= 0.6 is 11.6 Å². The molecule has 0 saturated carbocycles. The number of pyridine rings is 1. The molecule has 11 heteroatoms. The van der Waals surface area contributed by atoms with E-state index in [1.165, 1.54) is 23.9 Å². The minimum absolute atomic E-state index is 0.105. The maximum Gasteiger partial charge on any atom is 0.416 e. The van der Waals surface area contributed by atoms with E-state index in [4.69, 9.17) is 16.0 Å². The number of aliphatic hydroxyl groups excluding tert-OH is 1. The number of fused-ring (bicyclic) bond motifs is 2. The van der Waals surface area contributed by atoms with Gasteiger partial charge in [-0.1, -0.05) is 44.5 Å². The Bertz CT molecular complexity index is 1640. The molecule has 2 heterocycles. The second kappa shape index (κ2) is 12.8. The van der Waals surface area contributed by atoms with Gasteiger partial charge in [-0.25, -0.2) is 4.98 Å². The number of hydrogen-bond acceptors (Lipinski definition) is 5. The normalized spacial score (nSPS) is 17.7. The molecule has 3 aromatic rings. The molecule has 1 amide bonds.